The van der Waals surface area contributed by atoms with E-state index in [-0.39, 0.29) is 0 Å². The minimum Gasteiger partial charge on any atom is -0.378 e. The highest BCUT2D eigenvalue weighted by Gasteiger charge is 2.06. The third-order valence-electron chi connectivity index (χ3n) is 1.89. The lowest BCUT2D eigenvalue weighted by molar-refractivity contribution is 1.13. The Kier molecular flexibility index (Phi) is 4.11. The summed E-state index contributed by atoms with van der Waals surface area (Å²) in [6.07, 6.45) is 0. The lowest BCUT2D eigenvalue weighted by Crippen LogP contribution is -2.22. The molecule has 0 aliphatic rings. The third kappa shape index (κ3) is 2.94. The van der Waals surface area contributed by atoms with E-state index in [0.717, 1.165) is 17.0 Å². The van der Waals surface area contributed by atoms with E-state index in [1.807, 2.05) is 19.1 Å². The average molecular weight is 239 g/mol. The number of hydrogen-bond acceptors (Lipinski definition) is 3. The Morgan fingerprint density at radius 1 is 1.07 bits per heavy atom. The Balaban J connectivity index is 3.16. The minimum absolute atomic E-state index is 0.624. The van der Waals surface area contributed by atoms with Crippen LogP contribution in [0.2, 0.25) is 0 Å². The van der Waals surface area contributed by atoms with Gasteiger partial charge < -0.3 is 10.6 Å². The fraction of sp³-hybridized carbons (Fsp3) is 0.300. The zero-order chi connectivity index (χ0) is 11.4. The minimum atomic E-state index is 0.624. The van der Waals surface area contributed by atoms with Crippen LogP contribution in [0.5, 0.6) is 0 Å². The molecule has 0 radical (unpaired) electrons. The van der Waals surface area contributed by atoms with Crippen molar-refractivity contribution in [2.45, 2.75) is 6.92 Å². The van der Waals surface area contributed by atoms with Gasteiger partial charge in [-0.05, 0) is 24.6 Å². The molecule has 0 aromatic carbocycles. The van der Waals surface area contributed by atoms with Gasteiger partial charge in [-0.15, -0.1) is 0 Å². The fourth-order valence-corrected chi connectivity index (χ4v) is 1.37. The van der Waals surface area contributed by atoms with Crippen molar-refractivity contribution in [3.05, 3.63) is 29.1 Å². The average Bonchev–Trinajstić information content (AvgIpc) is 2.26. The maximum absolute atomic E-state index is 5.13. The molecule has 0 aliphatic carbocycles. The van der Waals surface area contributed by atoms with Crippen LogP contribution in [0.1, 0.15) is 17.0 Å². The van der Waals surface area contributed by atoms with Crippen LogP contribution >= 0.6 is 24.4 Å². The number of pyridine rings is 1. The van der Waals surface area contributed by atoms with E-state index >= 15 is 0 Å². The molecular formula is C10H13N3S2. The Bertz CT molecular complexity index is 367. The summed E-state index contributed by atoms with van der Waals surface area (Å²) in [5, 5.41) is 5.80. The molecule has 0 amide bonds. The molecule has 0 fully saturated rings. The second kappa shape index (κ2) is 5.14. The lowest BCUT2D eigenvalue weighted by Gasteiger charge is -2.08. The van der Waals surface area contributed by atoms with Crippen molar-refractivity contribution in [2.75, 3.05) is 14.1 Å². The summed E-state index contributed by atoms with van der Waals surface area (Å²) < 4.78 is 0. The van der Waals surface area contributed by atoms with E-state index in [9.17, 15) is 0 Å². The number of aryl methyl sites for hydroxylation is 1. The third-order valence-corrected chi connectivity index (χ3v) is 2.72. The monoisotopic (exact) mass is 239 g/mol. The van der Waals surface area contributed by atoms with Crippen molar-refractivity contribution < 1.29 is 0 Å². The highest BCUT2D eigenvalue weighted by Crippen LogP contribution is 2.06. The van der Waals surface area contributed by atoms with Crippen molar-refractivity contribution in [1.82, 2.24) is 15.6 Å². The van der Waals surface area contributed by atoms with Crippen molar-refractivity contribution in [3.8, 4) is 0 Å². The predicted molar refractivity (Wildman–Crippen MR) is 70.5 cm³/mol. The molecule has 0 spiro atoms. The molecule has 5 heteroatoms. The summed E-state index contributed by atoms with van der Waals surface area (Å²) in [6.45, 7) is 1.99. The van der Waals surface area contributed by atoms with Gasteiger partial charge in [0.2, 0.25) is 0 Å². The maximum Gasteiger partial charge on any atom is 0.125 e. The molecule has 80 valence electrons. The Morgan fingerprint density at radius 2 is 1.47 bits per heavy atom. The predicted octanol–water partition coefficient (Wildman–Crippen LogP) is 1.18. The Hall–Kier alpha value is -1.07. The topological polar surface area (TPSA) is 37.0 Å². The SMILES string of the molecule is CNC(=S)c1cc(C)cc(C(=S)NC)n1. The van der Waals surface area contributed by atoms with Crippen LogP contribution in [-0.2, 0) is 0 Å². The molecule has 1 rings (SSSR count). The van der Waals surface area contributed by atoms with Gasteiger partial charge in [0.05, 0.1) is 11.4 Å². The largest absolute Gasteiger partial charge is 0.378 e. The zero-order valence-electron chi connectivity index (χ0n) is 8.92. The summed E-state index contributed by atoms with van der Waals surface area (Å²) in [5.74, 6) is 0. The van der Waals surface area contributed by atoms with E-state index < -0.39 is 0 Å². The smallest absolute Gasteiger partial charge is 0.125 e. The first-order valence-corrected chi connectivity index (χ1v) is 5.33. The molecule has 0 saturated carbocycles. The summed E-state index contributed by atoms with van der Waals surface area (Å²) in [6, 6.07) is 3.86. The van der Waals surface area contributed by atoms with Gasteiger partial charge in [-0.3, -0.25) is 0 Å². The molecule has 0 aliphatic heterocycles. The second-order valence-corrected chi connectivity index (χ2v) is 3.89. The zero-order valence-corrected chi connectivity index (χ0v) is 10.6. The van der Waals surface area contributed by atoms with Crippen LogP contribution in [-0.4, -0.2) is 29.1 Å². The Morgan fingerprint density at radius 3 is 1.80 bits per heavy atom. The maximum atomic E-state index is 5.13. The molecule has 1 aromatic heterocycles. The highest BCUT2D eigenvalue weighted by molar-refractivity contribution is 7.81. The molecule has 0 bridgehead atoms. The fourth-order valence-electron chi connectivity index (χ4n) is 1.16. The number of aromatic nitrogens is 1. The summed E-state index contributed by atoms with van der Waals surface area (Å²) in [4.78, 5) is 5.62. The van der Waals surface area contributed by atoms with Crippen LogP contribution in [0.15, 0.2) is 12.1 Å². The van der Waals surface area contributed by atoms with Gasteiger partial charge in [0.25, 0.3) is 0 Å². The van der Waals surface area contributed by atoms with Crippen LogP contribution in [0.25, 0.3) is 0 Å². The number of hydrogen-bond donors (Lipinski definition) is 2. The number of nitrogens with one attached hydrogen (secondary N) is 2. The first-order valence-electron chi connectivity index (χ1n) is 4.51. The van der Waals surface area contributed by atoms with Gasteiger partial charge in [-0.1, -0.05) is 24.4 Å². The van der Waals surface area contributed by atoms with Gasteiger partial charge in [0.1, 0.15) is 9.98 Å². The number of rotatable bonds is 2. The van der Waals surface area contributed by atoms with E-state index in [1.54, 1.807) is 14.1 Å². The molecule has 0 unspecified atom stereocenters. The van der Waals surface area contributed by atoms with Crippen LogP contribution < -0.4 is 10.6 Å². The molecule has 1 heterocycles. The summed E-state index contributed by atoms with van der Waals surface area (Å²) in [5.41, 5.74) is 2.59. The van der Waals surface area contributed by atoms with Gasteiger partial charge >= 0.3 is 0 Å². The van der Waals surface area contributed by atoms with Gasteiger partial charge in [0, 0.05) is 14.1 Å². The second-order valence-electron chi connectivity index (χ2n) is 3.07. The van der Waals surface area contributed by atoms with Gasteiger partial charge in [-0.2, -0.15) is 0 Å². The van der Waals surface area contributed by atoms with Crippen molar-refractivity contribution in [2.24, 2.45) is 0 Å². The van der Waals surface area contributed by atoms with Crippen molar-refractivity contribution in [1.29, 1.82) is 0 Å². The Labute approximate surface area is 100 Å². The van der Waals surface area contributed by atoms with E-state index in [1.165, 1.54) is 0 Å². The van der Waals surface area contributed by atoms with Crippen LogP contribution in [0.3, 0.4) is 0 Å². The lowest BCUT2D eigenvalue weighted by atomic mass is 10.2. The van der Waals surface area contributed by atoms with E-state index in [0.29, 0.717) is 9.98 Å². The molecule has 0 atom stereocenters. The van der Waals surface area contributed by atoms with Crippen molar-refractivity contribution >= 4 is 34.4 Å². The molecule has 0 saturated heterocycles. The molecule has 15 heavy (non-hydrogen) atoms. The summed E-state index contributed by atoms with van der Waals surface area (Å²) in [7, 11) is 3.56. The quantitative estimate of drug-likeness (QED) is 0.758. The molecular weight excluding hydrogens is 226 g/mol. The number of nitrogens with zero attached hydrogens (tertiary/aromatic N) is 1. The molecule has 2 N–H and O–H groups in total. The highest BCUT2D eigenvalue weighted by atomic mass is 32.1. The molecule has 3 nitrogen and oxygen atoms in total. The first kappa shape index (κ1) is 12.0. The van der Waals surface area contributed by atoms with Gasteiger partial charge in [0.15, 0.2) is 0 Å². The number of thiocarbonyl (C=S) groups is 2. The van der Waals surface area contributed by atoms with Crippen LogP contribution in [0, 0.1) is 6.92 Å². The normalized spacial score (nSPS) is 9.53. The van der Waals surface area contributed by atoms with Crippen molar-refractivity contribution in [3.63, 3.8) is 0 Å². The van der Waals surface area contributed by atoms with E-state index in [4.69, 9.17) is 24.4 Å². The van der Waals surface area contributed by atoms with Gasteiger partial charge in [-0.25, -0.2) is 4.98 Å². The molecule has 1 aromatic rings. The summed E-state index contributed by atoms with van der Waals surface area (Å²) >= 11 is 10.3. The standard InChI is InChI=1S/C10H13N3S2/c1-6-4-7(9(14)11-2)13-8(5-6)10(15)12-3/h4-5H,1-3H3,(H,11,14)(H,12,15). The van der Waals surface area contributed by atoms with E-state index in [2.05, 4.69) is 15.6 Å². The van der Waals surface area contributed by atoms with Crippen LogP contribution in [0.4, 0.5) is 0 Å². The first-order chi connectivity index (χ1) is 7.08.